The van der Waals surface area contributed by atoms with Crippen molar-refractivity contribution >= 4 is 11.5 Å². The van der Waals surface area contributed by atoms with Gasteiger partial charge in [0.05, 0.1) is 18.5 Å². The number of aliphatic hydroxyl groups excluding tert-OH is 1. The van der Waals surface area contributed by atoms with Crippen molar-refractivity contribution in [3.8, 4) is 0 Å². The molecule has 1 rings (SSSR count). The first-order valence-corrected chi connectivity index (χ1v) is 3.67. The molecule has 0 aliphatic carbocycles. The molecule has 4 N–H and O–H groups in total. The van der Waals surface area contributed by atoms with Crippen LogP contribution in [0.15, 0.2) is 12.5 Å². The third-order valence-corrected chi connectivity index (χ3v) is 1.40. The second kappa shape index (κ2) is 3.87. The van der Waals surface area contributed by atoms with Crippen molar-refractivity contribution in [2.24, 2.45) is 0 Å². The Hall–Kier alpha value is -1.36. The van der Waals surface area contributed by atoms with Crippen molar-refractivity contribution < 1.29 is 5.11 Å². The highest BCUT2D eigenvalue weighted by Gasteiger charge is 2.03. The van der Waals surface area contributed by atoms with E-state index < -0.39 is 0 Å². The van der Waals surface area contributed by atoms with Crippen molar-refractivity contribution in [1.82, 2.24) is 9.97 Å². The van der Waals surface area contributed by atoms with E-state index in [1.807, 2.05) is 6.92 Å². The lowest BCUT2D eigenvalue weighted by Crippen LogP contribution is -2.20. The van der Waals surface area contributed by atoms with Crippen LogP contribution >= 0.6 is 0 Å². The normalized spacial score (nSPS) is 12.5. The maximum absolute atomic E-state index is 8.74. The molecule has 0 amide bonds. The van der Waals surface area contributed by atoms with Crippen molar-refractivity contribution in [3.05, 3.63) is 12.5 Å². The first-order chi connectivity index (χ1) is 5.74. The average molecular weight is 168 g/mol. The molecule has 1 atom stereocenters. The monoisotopic (exact) mass is 168 g/mol. The molecule has 0 aromatic carbocycles. The highest BCUT2D eigenvalue weighted by Crippen LogP contribution is 2.11. The molecule has 0 aliphatic heterocycles. The molecule has 1 aromatic rings. The predicted molar refractivity (Wildman–Crippen MR) is 46.6 cm³/mol. The SMILES string of the molecule is C[C@H](CO)Nc1ncncc1N. The van der Waals surface area contributed by atoms with Crippen molar-refractivity contribution in [3.63, 3.8) is 0 Å². The number of nitrogens with one attached hydrogen (secondary N) is 1. The maximum Gasteiger partial charge on any atom is 0.152 e. The van der Waals surface area contributed by atoms with Crippen LogP contribution in [0, 0.1) is 0 Å². The zero-order chi connectivity index (χ0) is 8.97. The quantitative estimate of drug-likeness (QED) is 0.584. The molecule has 12 heavy (non-hydrogen) atoms. The Balaban J connectivity index is 2.69. The Bertz CT molecular complexity index is 253. The number of aliphatic hydroxyl groups is 1. The minimum atomic E-state index is -0.0535. The molecular weight excluding hydrogens is 156 g/mol. The predicted octanol–water partition coefficient (Wildman–Crippen LogP) is -0.149. The molecule has 1 aromatic heterocycles. The molecule has 0 saturated carbocycles. The molecule has 0 fully saturated rings. The summed E-state index contributed by atoms with van der Waals surface area (Å²) in [4.78, 5) is 7.65. The van der Waals surface area contributed by atoms with E-state index in [1.54, 1.807) is 0 Å². The summed E-state index contributed by atoms with van der Waals surface area (Å²) >= 11 is 0. The van der Waals surface area contributed by atoms with Gasteiger partial charge in [0.1, 0.15) is 6.33 Å². The molecule has 0 saturated heterocycles. The van der Waals surface area contributed by atoms with E-state index in [-0.39, 0.29) is 12.6 Å². The molecule has 66 valence electrons. The van der Waals surface area contributed by atoms with Crippen LogP contribution in [-0.2, 0) is 0 Å². The van der Waals surface area contributed by atoms with Crippen molar-refractivity contribution in [2.75, 3.05) is 17.7 Å². The van der Waals surface area contributed by atoms with Gasteiger partial charge in [-0.2, -0.15) is 0 Å². The third kappa shape index (κ3) is 2.06. The van der Waals surface area contributed by atoms with Gasteiger partial charge in [-0.1, -0.05) is 0 Å². The summed E-state index contributed by atoms with van der Waals surface area (Å²) in [7, 11) is 0. The van der Waals surface area contributed by atoms with Gasteiger partial charge >= 0.3 is 0 Å². The van der Waals surface area contributed by atoms with Gasteiger partial charge in [-0.3, -0.25) is 0 Å². The van der Waals surface area contributed by atoms with Crippen molar-refractivity contribution in [1.29, 1.82) is 0 Å². The van der Waals surface area contributed by atoms with Crippen LogP contribution in [0.5, 0.6) is 0 Å². The molecule has 0 aliphatic rings. The van der Waals surface area contributed by atoms with Gasteiger partial charge in [0.25, 0.3) is 0 Å². The first kappa shape index (κ1) is 8.73. The number of nitrogen functional groups attached to an aromatic ring is 1. The number of aromatic nitrogens is 2. The van der Waals surface area contributed by atoms with E-state index in [4.69, 9.17) is 10.8 Å². The molecule has 5 nitrogen and oxygen atoms in total. The summed E-state index contributed by atoms with van der Waals surface area (Å²) < 4.78 is 0. The van der Waals surface area contributed by atoms with Crippen LogP contribution in [0.3, 0.4) is 0 Å². The lowest BCUT2D eigenvalue weighted by atomic mass is 10.3. The largest absolute Gasteiger partial charge is 0.394 e. The van der Waals surface area contributed by atoms with Crippen LogP contribution in [-0.4, -0.2) is 27.7 Å². The zero-order valence-electron chi connectivity index (χ0n) is 6.86. The lowest BCUT2D eigenvalue weighted by molar-refractivity contribution is 0.281. The maximum atomic E-state index is 8.74. The topological polar surface area (TPSA) is 84.1 Å². The van der Waals surface area contributed by atoms with Crippen LogP contribution < -0.4 is 11.1 Å². The van der Waals surface area contributed by atoms with Crippen LogP contribution in [0.25, 0.3) is 0 Å². The van der Waals surface area contributed by atoms with Crippen LogP contribution in [0.4, 0.5) is 11.5 Å². The fraction of sp³-hybridized carbons (Fsp3) is 0.429. The Morgan fingerprint density at radius 1 is 1.75 bits per heavy atom. The van der Waals surface area contributed by atoms with E-state index in [0.717, 1.165) is 0 Å². The first-order valence-electron chi connectivity index (χ1n) is 3.67. The number of rotatable bonds is 3. The second-order valence-corrected chi connectivity index (χ2v) is 2.55. The van der Waals surface area contributed by atoms with E-state index in [9.17, 15) is 0 Å². The van der Waals surface area contributed by atoms with Gasteiger partial charge in [-0.05, 0) is 6.92 Å². The summed E-state index contributed by atoms with van der Waals surface area (Å²) in [5.74, 6) is 0.562. The number of hydrogen-bond donors (Lipinski definition) is 3. The summed E-state index contributed by atoms with van der Waals surface area (Å²) in [5, 5.41) is 11.7. The minimum Gasteiger partial charge on any atom is -0.394 e. The molecule has 0 spiro atoms. The highest BCUT2D eigenvalue weighted by molar-refractivity contribution is 5.59. The Morgan fingerprint density at radius 2 is 2.50 bits per heavy atom. The summed E-state index contributed by atoms with van der Waals surface area (Å²) in [6.45, 7) is 1.88. The average Bonchev–Trinajstić information content (AvgIpc) is 2.09. The standard InChI is InChI=1S/C7H12N4O/c1-5(3-12)11-7-6(8)2-9-4-10-7/h2,4-5,12H,3,8H2,1H3,(H,9,10,11)/t5-/m1/s1. The number of nitrogens with zero attached hydrogens (tertiary/aromatic N) is 2. The van der Waals surface area contributed by atoms with Gasteiger partial charge in [0.2, 0.25) is 0 Å². The van der Waals surface area contributed by atoms with Gasteiger partial charge in [0, 0.05) is 6.04 Å². The number of nitrogens with two attached hydrogens (primary N) is 1. The Labute approximate surface area is 70.6 Å². The summed E-state index contributed by atoms with van der Waals surface area (Å²) in [6.07, 6.45) is 2.92. The van der Waals surface area contributed by atoms with Crippen molar-refractivity contribution in [2.45, 2.75) is 13.0 Å². The Morgan fingerprint density at radius 3 is 3.08 bits per heavy atom. The summed E-state index contributed by atoms with van der Waals surface area (Å²) in [6, 6.07) is -0.0535. The smallest absolute Gasteiger partial charge is 0.152 e. The Kier molecular flexibility index (Phi) is 2.82. The number of hydrogen-bond acceptors (Lipinski definition) is 5. The molecule has 1 heterocycles. The van der Waals surface area contributed by atoms with Gasteiger partial charge in [-0.15, -0.1) is 0 Å². The molecule has 5 heteroatoms. The summed E-state index contributed by atoms with van der Waals surface area (Å²) in [5.41, 5.74) is 6.04. The fourth-order valence-electron chi connectivity index (χ4n) is 0.740. The fourth-order valence-corrected chi connectivity index (χ4v) is 0.740. The van der Waals surface area contributed by atoms with Gasteiger partial charge in [0.15, 0.2) is 5.82 Å². The third-order valence-electron chi connectivity index (χ3n) is 1.40. The van der Waals surface area contributed by atoms with E-state index >= 15 is 0 Å². The van der Waals surface area contributed by atoms with Gasteiger partial charge in [-0.25, -0.2) is 9.97 Å². The van der Waals surface area contributed by atoms with Crippen LogP contribution in [0.1, 0.15) is 6.92 Å². The van der Waals surface area contributed by atoms with E-state index in [2.05, 4.69) is 15.3 Å². The number of anilines is 2. The molecule has 0 bridgehead atoms. The minimum absolute atomic E-state index is 0.0451. The lowest BCUT2D eigenvalue weighted by Gasteiger charge is -2.11. The van der Waals surface area contributed by atoms with Crippen LogP contribution in [0.2, 0.25) is 0 Å². The molecule has 0 radical (unpaired) electrons. The highest BCUT2D eigenvalue weighted by atomic mass is 16.3. The van der Waals surface area contributed by atoms with Gasteiger partial charge < -0.3 is 16.2 Å². The molecule has 0 unspecified atom stereocenters. The van der Waals surface area contributed by atoms with E-state index in [0.29, 0.717) is 11.5 Å². The molecular formula is C7H12N4O. The van der Waals surface area contributed by atoms with E-state index in [1.165, 1.54) is 12.5 Å². The zero-order valence-corrected chi connectivity index (χ0v) is 6.86. The second-order valence-electron chi connectivity index (χ2n) is 2.55.